The Morgan fingerprint density at radius 2 is 1.75 bits per heavy atom. The summed E-state index contributed by atoms with van der Waals surface area (Å²) in [4.78, 5) is 14.8. The van der Waals surface area contributed by atoms with Crippen molar-refractivity contribution in [2.45, 2.75) is 104 Å². The van der Waals surface area contributed by atoms with Crippen LogP contribution in [0.25, 0.3) is 0 Å². The number of allylic oxidation sites excluding steroid dienone is 1. The minimum absolute atomic E-state index is 0.0493. The van der Waals surface area contributed by atoms with Crippen LogP contribution in [-0.4, -0.2) is 48.2 Å². The molecule has 4 rings (SSSR count). The zero-order valence-electron chi connectivity index (χ0n) is 21.7. The van der Waals surface area contributed by atoms with E-state index in [0.29, 0.717) is 17.4 Å². The van der Waals surface area contributed by atoms with Gasteiger partial charge in [-0.2, -0.15) is 0 Å². The van der Waals surface area contributed by atoms with Crippen molar-refractivity contribution in [1.82, 2.24) is 10.2 Å². The van der Waals surface area contributed by atoms with E-state index in [0.717, 1.165) is 42.1 Å². The molecule has 1 amide bonds. The fourth-order valence-corrected chi connectivity index (χ4v) is 9.13. The summed E-state index contributed by atoms with van der Waals surface area (Å²) in [5.74, 6) is 3.77. The number of carbonyl (C=O) groups is 1. The van der Waals surface area contributed by atoms with E-state index in [4.69, 9.17) is 0 Å². The van der Waals surface area contributed by atoms with Crippen molar-refractivity contribution < 1.29 is 9.90 Å². The number of aliphatic hydroxyl groups excluding tert-OH is 1. The molecule has 182 valence electrons. The van der Waals surface area contributed by atoms with Crippen LogP contribution in [-0.2, 0) is 4.79 Å². The predicted octanol–water partition coefficient (Wildman–Crippen LogP) is 5.02. The van der Waals surface area contributed by atoms with Crippen molar-refractivity contribution in [3.8, 4) is 0 Å². The summed E-state index contributed by atoms with van der Waals surface area (Å²) in [5, 5.41) is 14.2. The Bertz CT molecular complexity index is 744. The number of hydrogen-bond donors (Lipinski definition) is 2. The minimum atomic E-state index is -0.428. The van der Waals surface area contributed by atoms with Crippen LogP contribution in [0.4, 0.5) is 0 Å². The molecular formula is C28H48N2O2. The number of amides is 1. The van der Waals surface area contributed by atoms with Crippen molar-refractivity contribution in [1.29, 1.82) is 0 Å². The molecule has 10 atom stereocenters. The van der Waals surface area contributed by atoms with Crippen molar-refractivity contribution >= 4 is 5.91 Å². The number of nitrogens with one attached hydrogen (secondary N) is 1. The largest absolute Gasteiger partial charge is 0.391 e. The molecule has 32 heavy (non-hydrogen) atoms. The number of nitrogens with zero attached hydrogens (tertiary/aromatic N) is 1. The first-order valence-corrected chi connectivity index (χ1v) is 13.3. The monoisotopic (exact) mass is 444 g/mol. The number of hydrogen-bond acceptors (Lipinski definition) is 3. The highest BCUT2D eigenvalue weighted by Crippen LogP contribution is 2.67. The minimum Gasteiger partial charge on any atom is -0.391 e. The van der Waals surface area contributed by atoms with Gasteiger partial charge in [-0.25, -0.2) is 0 Å². The smallest absolute Gasteiger partial charge is 0.244 e. The fourth-order valence-electron chi connectivity index (χ4n) is 9.13. The van der Waals surface area contributed by atoms with E-state index in [1.807, 2.05) is 13.8 Å². The van der Waals surface area contributed by atoms with Crippen molar-refractivity contribution in [3.63, 3.8) is 0 Å². The third-order valence-electron chi connectivity index (χ3n) is 10.9. The predicted molar refractivity (Wildman–Crippen MR) is 131 cm³/mol. The first kappa shape index (κ1) is 24.3. The zero-order chi connectivity index (χ0) is 23.4. The molecule has 0 aromatic rings. The quantitative estimate of drug-likeness (QED) is 0.599. The van der Waals surface area contributed by atoms with Crippen molar-refractivity contribution in [3.05, 3.63) is 11.6 Å². The summed E-state index contributed by atoms with van der Waals surface area (Å²) in [6.45, 7) is 11.4. The van der Waals surface area contributed by atoms with Gasteiger partial charge in [-0.15, -0.1) is 0 Å². The maximum absolute atomic E-state index is 12.3. The van der Waals surface area contributed by atoms with Crippen LogP contribution < -0.4 is 5.32 Å². The molecule has 0 saturated heterocycles. The summed E-state index contributed by atoms with van der Waals surface area (Å²) in [5.41, 5.74) is 1.69. The second-order valence-electron chi connectivity index (χ2n) is 12.9. The van der Waals surface area contributed by atoms with E-state index in [9.17, 15) is 9.90 Å². The van der Waals surface area contributed by atoms with E-state index in [2.05, 4.69) is 45.1 Å². The molecule has 0 spiro atoms. The molecule has 5 unspecified atom stereocenters. The van der Waals surface area contributed by atoms with E-state index >= 15 is 0 Å². The van der Waals surface area contributed by atoms with Gasteiger partial charge in [-0.05, 0) is 127 Å². The third-order valence-corrected chi connectivity index (χ3v) is 10.9. The molecule has 4 aliphatic carbocycles. The summed E-state index contributed by atoms with van der Waals surface area (Å²) < 4.78 is 0. The summed E-state index contributed by atoms with van der Waals surface area (Å²) in [6, 6.07) is 0.550. The Kier molecular flexibility index (Phi) is 6.62. The maximum Gasteiger partial charge on any atom is 0.244 e. The van der Waals surface area contributed by atoms with Crippen LogP contribution in [0, 0.1) is 40.4 Å². The highest BCUT2D eigenvalue weighted by atomic mass is 16.3. The molecule has 0 bridgehead atoms. The number of aliphatic hydroxyl groups is 1. The third kappa shape index (κ3) is 3.98. The van der Waals surface area contributed by atoms with Gasteiger partial charge in [0.15, 0.2) is 0 Å². The van der Waals surface area contributed by atoms with Gasteiger partial charge in [0.25, 0.3) is 0 Å². The molecule has 4 heteroatoms. The highest BCUT2D eigenvalue weighted by molar-refractivity contribution is 5.88. The van der Waals surface area contributed by atoms with Gasteiger partial charge < -0.3 is 15.3 Å². The fraction of sp³-hybridized carbons (Fsp3) is 0.893. The van der Waals surface area contributed by atoms with Crippen LogP contribution in [0.5, 0.6) is 0 Å². The lowest BCUT2D eigenvalue weighted by atomic mass is 9.44. The second-order valence-corrected chi connectivity index (χ2v) is 12.9. The molecule has 0 aromatic carbocycles. The highest BCUT2D eigenvalue weighted by Gasteiger charge is 2.61. The first-order chi connectivity index (χ1) is 15.0. The lowest BCUT2D eigenvalue weighted by Gasteiger charge is -2.62. The second kappa shape index (κ2) is 8.73. The normalized spacial score (nSPS) is 46.6. The summed E-state index contributed by atoms with van der Waals surface area (Å²) in [7, 11) is 4.49. The molecule has 0 heterocycles. The number of carbonyl (C=O) groups excluding carboxylic acids is 1. The number of fused-ring (bicyclic) bond motifs is 5. The molecular weight excluding hydrogens is 396 g/mol. The van der Waals surface area contributed by atoms with Crippen LogP contribution in [0.3, 0.4) is 0 Å². The van der Waals surface area contributed by atoms with E-state index < -0.39 is 6.10 Å². The SMILES string of the molecule is CC(C)=CC(=O)N[C@@H]1CC2CCC3C(CC[C@@]4(C)C3CC[C@@H]4C(C)N(C)C)[C@@]2(C)C[C@@H]1O. The van der Waals surface area contributed by atoms with Gasteiger partial charge in [0.05, 0.1) is 12.1 Å². The van der Waals surface area contributed by atoms with E-state index in [1.54, 1.807) is 6.08 Å². The Labute approximate surface area is 196 Å². The topological polar surface area (TPSA) is 52.6 Å². The summed E-state index contributed by atoms with van der Waals surface area (Å²) in [6.07, 6.45) is 11.1. The van der Waals surface area contributed by atoms with Gasteiger partial charge in [-0.3, -0.25) is 4.79 Å². The number of rotatable bonds is 4. The molecule has 0 aromatic heterocycles. The zero-order valence-corrected chi connectivity index (χ0v) is 21.7. The average Bonchev–Trinajstić information content (AvgIpc) is 3.04. The van der Waals surface area contributed by atoms with Gasteiger partial charge >= 0.3 is 0 Å². The van der Waals surface area contributed by atoms with E-state index in [-0.39, 0.29) is 17.4 Å². The van der Waals surface area contributed by atoms with Crippen LogP contribution >= 0.6 is 0 Å². The lowest BCUT2D eigenvalue weighted by Crippen LogP contribution is -2.59. The van der Waals surface area contributed by atoms with Crippen molar-refractivity contribution in [2.24, 2.45) is 40.4 Å². The lowest BCUT2D eigenvalue weighted by molar-refractivity contribution is -0.143. The van der Waals surface area contributed by atoms with Gasteiger partial charge in [0.2, 0.25) is 5.91 Å². The Morgan fingerprint density at radius 3 is 2.41 bits per heavy atom. The Balaban J connectivity index is 1.50. The van der Waals surface area contributed by atoms with Crippen LogP contribution in [0.15, 0.2) is 11.6 Å². The van der Waals surface area contributed by atoms with Gasteiger partial charge in [0, 0.05) is 12.1 Å². The van der Waals surface area contributed by atoms with Crippen molar-refractivity contribution in [2.75, 3.05) is 14.1 Å². The molecule has 4 saturated carbocycles. The molecule has 4 fully saturated rings. The molecule has 4 nitrogen and oxygen atoms in total. The maximum atomic E-state index is 12.3. The standard InChI is InChI=1S/C28H48N2O2/c1-17(2)14-26(32)29-24-15-19-8-9-20-22-11-10-21(18(3)30(6)7)27(22,4)13-12-23(20)28(19,5)16-25(24)31/h14,18-25,31H,8-13,15-16H2,1-7H3,(H,29,32)/t18?,19?,20?,21-,22?,23?,24-,25+,27-,28+/m1/s1. The molecule has 0 radical (unpaired) electrons. The first-order valence-electron chi connectivity index (χ1n) is 13.3. The Morgan fingerprint density at radius 1 is 1.06 bits per heavy atom. The molecule has 4 aliphatic rings. The molecule has 2 N–H and O–H groups in total. The van der Waals surface area contributed by atoms with Gasteiger partial charge in [0.1, 0.15) is 0 Å². The Hall–Kier alpha value is -0.870. The molecule has 0 aliphatic heterocycles. The van der Waals surface area contributed by atoms with E-state index in [1.165, 1.54) is 38.5 Å². The summed E-state index contributed by atoms with van der Waals surface area (Å²) >= 11 is 0. The van der Waals surface area contributed by atoms with Crippen LogP contribution in [0.2, 0.25) is 0 Å². The van der Waals surface area contributed by atoms with Crippen LogP contribution in [0.1, 0.15) is 86.0 Å². The average molecular weight is 445 g/mol. The van der Waals surface area contributed by atoms with Gasteiger partial charge in [-0.1, -0.05) is 19.4 Å².